The monoisotopic (exact) mass is 122 g/mol. The van der Waals surface area contributed by atoms with E-state index in [-0.39, 0.29) is 0 Å². The Kier molecular flexibility index (Phi) is 0.646. The van der Waals surface area contributed by atoms with Gasteiger partial charge >= 0.3 is 0 Å². The molecule has 0 aliphatic heterocycles. The molecule has 0 saturated carbocycles. The zero-order chi connectivity index (χ0) is 11.6. The molecule has 0 heterocycles. The van der Waals surface area contributed by atoms with Crippen LogP contribution in [0.3, 0.4) is 0 Å². The van der Waals surface area contributed by atoms with Gasteiger partial charge in [-0.15, -0.1) is 0 Å². The van der Waals surface area contributed by atoms with E-state index < -0.39 is 25.5 Å². The lowest BCUT2D eigenvalue weighted by Crippen LogP contribution is -2.38. The molecular formula is C4H8N2O2. The normalized spacial score (nSPS) is 22.0. The molecule has 0 saturated heterocycles. The Morgan fingerprint density at radius 3 is 1.88 bits per heavy atom. The predicted octanol–water partition coefficient (Wildman–Crippen LogP) is -0.826. The maximum Gasteiger partial charge on any atom is 0.235 e. The highest BCUT2D eigenvalue weighted by Gasteiger charge is 1.88. The Morgan fingerprint density at radius 2 is 1.62 bits per heavy atom. The molecule has 46 valence electrons. The summed E-state index contributed by atoms with van der Waals surface area (Å²) in [5.41, 5.74) is 2.94. The molecule has 0 aliphatic carbocycles. The highest BCUT2D eigenvalue weighted by molar-refractivity contribution is 5.78. The summed E-state index contributed by atoms with van der Waals surface area (Å²) in [5.74, 6) is -2.90. The van der Waals surface area contributed by atoms with Gasteiger partial charge in [0.15, 0.2) is 0 Å². The molecule has 2 amide bonds. The Labute approximate surface area is 55.7 Å². The quantitative estimate of drug-likeness (QED) is 0.412. The number of hydrogen-bond donors (Lipinski definition) is 2. The molecule has 8 heavy (non-hydrogen) atoms. The summed E-state index contributed by atoms with van der Waals surface area (Å²) in [5, 5.41) is 0. The van der Waals surface area contributed by atoms with Crippen LogP contribution in [0.1, 0.15) is 21.9 Å². The van der Waals surface area contributed by atoms with Crippen LogP contribution in [0.4, 0.5) is 0 Å². The van der Waals surface area contributed by atoms with E-state index in [0.717, 1.165) is 0 Å². The van der Waals surface area contributed by atoms with Crippen LogP contribution in [0.15, 0.2) is 0 Å². The molecule has 2 N–H and O–H groups in total. The number of nitrogens with one attached hydrogen (secondary N) is 2. The van der Waals surface area contributed by atoms with Gasteiger partial charge in [-0.3, -0.25) is 20.4 Å². The molecule has 0 spiro atoms. The molecule has 4 heteroatoms. The smallest absolute Gasteiger partial charge is 0.235 e. The van der Waals surface area contributed by atoms with Crippen molar-refractivity contribution >= 4 is 11.8 Å². The molecule has 0 aromatic heterocycles. The van der Waals surface area contributed by atoms with Gasteiger partial charge in [0, 0.05) is 21.9 Å². The molecule has 0 atom stereocenters. The first-order valence-corrected chi connectivity index (χ1v) is 1.66. The lowest BCUT2D eigenvalue weighted by Gasteiger charge is -1.97. The van der Waals surface area contributed by atoms with Crippen molar-refractivity contribution in [2.45, 2.75) is 13.7 Å². The molecule has 0 bridgehead atoms. The van der Waals surface area contributed by atoms with Crippen LogP contribution < -0.4 is 10.9 Å². The Hall–Kier alpha value is -1.06. The average Bonchev–Trinajstić information content (AvgIpc) is 1.95. The Bertz CT molecular complexity index is 217. The molecular weight excluding hydrogens is 108 g/mol. The average molecular weight is 122 g/mol. The van der Waals surface area contributed by atoms with E-state index in [1.165, 1.54) is 10.9 Å². The van der Waals surface area contributed by atoms with E-state index >= 15 is 0 Å². The van der Waals surface area contributed by atoms with Gasteiger partial charge in [0.1, 0.15) is 0 Å². The molecule has 0 radical (unpaired) electrons. The van der Waals surface area contributed by atoms with Crippen molar-refractivity contribution in [1.82, 2.24) is 10.9 Å². The summed E-state index contributed by atoms with van der Waals surface area (Å²) >= 11 is 0. The third-order valence-electron chi connectivity index (χ3n) is 0.290. The van der Waals surface area contributed by atoms with Crippen LogP contribution in [0.5, 0.6) is 0 Å². The molecule has 0 unspecified atom stereocenters. The standard InChI is InChI=1S/C4H8N2O2/c1-3(7)5-6-4(2)8/h1-2H3,(H,5,7)(H,6,8)/i1D3,2D3. The Balaban J connectivity index is 4.10. The van der Waals surface area contributed by atoms with Crippen molar-refractivity contribution in [2.75, 3.05) is 0 Å². The lowest BCUT2D eigenvalue weighted by molar-refractivity contribution is -0.126. The SMILES string of the molecule is [2H]C([2H])([2H])C(=O)NNC(=O)C([2H])([2H])[2H]. The molecule has 0 fully saturated rings. The minimum atomic E-state index is -2.93. The van der Waals surface area contributed by atoms with Gasteiger partial charge in [0.05, 0.1) is 0 Å². The van der Waals surface area contributed by atoms with Gasteiger partial charge in [0.2, 0.25) is 11.8 Å². The van der Waals surface area contributed by atoms with E-state index in [4.69, 9.17) is 8.22 Å². The van der Waals surface area contributed by atoms with E-state index in [9.17, 15) is 9.59 Å². The highest BCUT2D eigenvalue weighted by atomic mass is 16.2. The summed E-state index contributed by atoms with van der Waals surface area (Å²) in [6.07, 6.45) is 0. The first kappa shape index (κ1) is 1.72. The largest absolute Gasteiger partial charge is 0.274 e. The van der Waals surface area contributed by atoms with Gasteiger partial charge < -0.3 is 0 Å². The summed E-state index contributed by atoms with van der Waals surface area (Å²) < 4.78 is 39.4. The zero-order valence-electron chi connectivity index (χ0n) is 9.82. The molecule has 0 aromatic rings. The van der Waals surface area contributed by atoms with Gasteiger partial charge in [-0.1, -0.05) is 0 Å². The van der Waals surface area contributed by atoms with E-state index in [0.29, 0.717) is 0 Å². The maximum absolute atomic E-state index is 10.6. The second-order valence-corrected chi connectivity index (χ2v) is 0.908. The van der Waals surface area contributed by atoms with Crippen LogP contribution >= 0.6 is 0 Å². The van der Waals surface area contributed by atoms with E-state index in [1.807, 2.05) is 0 Å². The van der Waals surface area contributed by atoms with Crippen LogP contribution in [-0.4, -0.2) is 11.8 Å². The fourth-order valence-electron chi connectivity index (χ4n) is 0.114. The van der Waals surface area contributed by atoms with Gasteiger partial charge in [-0.25, -0.2) is 0 Å². The summed E-state index contributed by atoms with van der Waals surface area (Å²) in [4.78, 5) is 21.2. The van der Waals surface area contributed by atoms with E-state index in [2.05, 4.69) is 0 Å². The minimum absolute atomic E-state index is 1.45. The van der Waals surface area contributed by atoms with Crippen LogP contribution in [0, 0.1) is 0 Å². The first-order valence-electron chi connectivity index (χ1n) is 4.66. The fraction of sp³-hybridized carbons (Fsp3) is 0.500. The van der Waals surface area contributed by atoms with Crippen molar-refractivity contribution in [3.05, 3.63) is 0 Å². The van der Waals surface area contributed by atoms with E-state index in [1.54, 1.807) is 0 Å². The number of carbonyl (C=O) groups is 2. The molecule has 0 aliphatic rings. The number of hydrogen-bond acceptors (Lipinski definition) is 2. The second kappa shape index (κ2) is 3.01. The number of carbonyl (C=O) groups excluding carboxylic acids is 2. The highest BCUT2D eigenvalue weighted by Crippen LogP contribution is 1.54. The van der Waals surface area contributed by atoms with Crippen molar-refractivity contribution in [3.63, 3.8) is 0 Å². The van der Waals surface area contributed by atoms with Crippen molar-refractivity contribution in [2.24, 2.45) is 0 Å². The number of rotatable bonds is 0. The van der Waals surface area contributed by atoms with Crippen molar-refractivity contribution in [3.8, 4) is 0 Å². The minimum Gasteiger partial charge on any atom is -0.274 e. The number of hydrazine groups is 1. The van der Waals surface area contributed by atoms with Crippen LogP contribution in [-0.2, 0) is 9.59 Å². The lowest BCUT2D eigenvalue weighted by atomic mass is 10.7. The fourth-order valence-corrected chi connectivity index (χ4v) is 0.114. The summed E-state index contributed by atoms with van der Waals surface area (Å²) in [7, 11) is 0. The zero-order valence-corrected chi connectivity index (χ0v) is 3.82. The van der Waals surface area contributed by atoms with Crippen molar-refractivity contribution in [1.29, 1.82) is 0 Å². The Morgan fingerprint density at radius 1 is 1.25 bits per heavy atom. The molecule has 0 rings (SSSR count). The molecule has 4 nitrogen and oxygen atoms in total. The topological polar surface area (TPSA) is 58.2 Å². The maximum atomic E-state index is 10.6. The van der Waals surface area contributed by atoms with Crippen LogP contribution in [0.25, 0.3) is 0 Å². The third-order valence-corrected chi connectivity index (χ3v) is 0.290. The van der Waals surface area contributed by atoms with Crippen molar-refractivity contribution < 1.29 is 17.8 Å². The number of amides is 2. The molecule has 0 aromatic carbocycles. The summed E-state index contributed by atoms with van der Waals surface area (Å²) in [6.45, 7) is -5.86. The van der Waals surface area contributed by atoms with Crippen LogP contribution in [0.2, 0.25) is 0 Å². The van der Waals surface area contributed by atoms with Gasteiger partial charge in [0.25, 0.3) is 0 Å². The predicted molar refractivity (Wildman–Crippen MR) is 27.6 cm³/mol. The van der Waals surface area contributed by atoms with Gasteiger partial charge in [-0.2, -0.15) is 0 Å². The third kappa shape index (κ3) is 4.94. The van der Waals surface area contributed by atoms with Gasteiger partial charge in [-0.05, 0) is 0 Å². The second-order valence-electron chi connectivity index (χ2n) is 0.908. The first-order chi connectivity index (χ1) is 6.05. The summed E-state index contributed by atoms with van der Waals surface area (Å²) in [6, 6.07) is 0.